The number of unbranched alkanes of at least 4 members (excludes halogenated alkanes) is 1. The maximum absolute atomic E-state index is 14.3. The fourth-order valence-electron chi connectivity index (χ4n) is 6.76. The Morgan fingerprint density at radius 1 is 1.13 bits per heavy atom. The molecule has 2 unspecified atom stereocenters. The van der Waals surface area contributed by atoms with Crippen LogP contribution in [0.25, 0.3) is 0 Å². The third-order valence-electron chi connectivity index (χ3n) is 8.42. The fourth-order valence-corrected chi connectivity index (χ4v) is 6.76. The maximum Gasteiger partial charge on any atom is 0.248 e. The first-order valence-corrected chi connectivity index (χ1v) is 13.8. The second-order valence-electron chi connectivity index (χ2n) is 10.8. The summed E-state index contributed by atoms with van der Waals surface area (Å²) in [6.45, 7) is 13.0. The Morgan fingerprint density at radius 2 is 1.84 bits per heavy atom. The number of fused-ring (bicyclic) bond motifs is 1. The molecule has 2 bridgehead atoms. The molecule has 3 amide bonds. The van der Waals surface area contributed by atoms with Crippen molar-refractivity contribution in [3.63, 3.8) is 0 Å². The highest BCUT2D eigenvalue weighted by atomic mass is 16.5. The molecule has 3 saturated heterocycles. The van der Waals surface area contributed by atoms with Gasteiger partial charge in [0.15, 0.2) is 0 Å². The van der Waals surface area contributed by atoms with Gasteiger partial charge in [0, 0.05) is 38.5 Å². The Labute approximate surface area is 225 Å². The van der Waals surface area contributed by atoms with Gasteiger partial charge in [0.05, 0.1) is 17.4 Å². The molecule has 5 atom stereocenters. The fraction of sp³-hybridized carbons (Fsp3) is 0.567. The van der Waals surface area contributed by atoms with Crippen molar-refractivity contribution in [3.05, 3.63) is 55.6 Å². The van der Waals surface area contributed by atoms with Gasteiger partial charge < -0.3 is 24.5 Å². The first-order chi connectivity index (χ1) is 18.3. The van der Waals surface area contributed by atoms with Gasteiger partial charge in [-0.25, -0.2) is 0 Å². The van der Waals surface area contributed by atoms with E-state index in [4.69, 9.17) is 4.74 Å². The molecule has 3 aliphatic rings. The number of para-hydroxylation sites is 1. The van der Waals surface area contributed by atoms with Crippen molar-refractivity contribution in [3.8, 4) is 0 Å². The average molecular weight is 524 g/mol. The number of nitrogens with zero attached hydrogens (tertiary/aromatic N) is 3. The molecule has 3 heterocycles. The molecule has 0 aliphatic carbocycles. The summed E-state index contributed by atoms with van der Waals surface area (Å²) in [4.78, 5) is 47.6. The van der Waals surface area contributed by atoms with Gasteiger partial charge in [-0.2, -0.15) is 0 Å². The Bertz CT molecular complexity index is 1060. The van der Waals surface area contributed by atoms with Gasteiger partial charge in [0.25, 0.3) is 0 Å². The minimum atomic E-state index is -1.08. The van der Waals surface area contributed by atoms with E-state index in [-0.39, 0.29) is 30.9 Å². The number of anilines is 1. The molecule has 4 rings (SSSR count). The van der Waals surface area contributed by atoms with Crippen molar-refractivity contribution >= 4 is 23.4 Å². The molecule has 8 nitrogen and oxygen atoms in total. The van der Waals surface area contributed by atoms with E-state index in [2.05, 4.69) is 20.1 Å². The number of rotatable bonds is 13. The van der Waals surface area contributed by atoms with Crippen molar-refractivity contribution in [1.82, 2.24) is 9.80 Å². The number of carbonyl (C=O) groups excluding carboxylic acids is 3. The number of aliphatic hydroxyl groups excluding tert-OH is 1. The molecule has 1 N–H and O–H groups in total. The molecule has 0 radical (unpaired) electrons. The highest BCUT2D eigenvalue weighted by Gasteiger charge is 2.78. The minimum Gasteiger partial charge on any atom is -0.396 e. The third kappa shape index (κ3) is 4.58. The summed E-state index contributed by atoms with van der Waals surface area (Å²) in [5.41, 5.74) is -1.22. The molecule has 1 aromatic rings. The Morgan fingerprint density at radius 3 is 2.47 bits per heavy atom. The summed E-state index contributed by atoms with van der Waals surface area (Å²) >= 11 is 0. The van der Waals surface area contributed by atoms with Crippen LogP contribution >= 0.6 is 0 Å². The number of aliphatic hydroxyl groups is 1. The van der Waals surface area contributed by atoms with Crippen molar-refractivity contribution in [2.45, 2.75) is 63.2 Å². The molecule has 206 valence electrons. The standard InChI is InChI=1S/C30H41N3O5/c1-5-8-19-31(17-6-2)28(37)25-30-16-15-29(4,38-30)23(24(30)27(36)33(25)20-12-21-34)26(35)32(18-7-3)22-13-10-9-11-14-22/h6-7,9-11,13-14,23-25,34H,2-3,5,8,12,15-21H2,1,4H3/t23-,24+,25?,29+,30?/m1/s1. The van der Waals surface area contributed by atoms with E-state index >= 15 is 0 Å². The topological polar surface area (TPSA) is 90.4 Å². The van der Waals surface area contributed by atoms with Gasteiger partial charge in [-0.05, 0) is 44.7 Å². The summed E-state index contributed by atoms with van der Waals surface area (Å²) in [7, 11) is 0. The molecule has 3 fully saturated rings. The highest BCUT2D eigenvalue weighted by molar-refractivity contribution is 6.03. The number of amides is 3. The highest BCUT2D eigenvalue weighted by Crippen LogP contribution is 2.63. The van der Waals surface area contributed by atoms with Crippen LogP contribution in [0, 0.1) is 11.8 Å². The van der Waals surface area contributed by atoms with Crippen LogP contribution in [0.1, 0.15) is 46.0 Å². The quantitative estimate of drug-likeness (QED) is 0.401. The molecular weight excluding hydrogens is 482 g/mol. The van der Waals surface area contributed by atoms with Crippen molar-refractivity contribution in [1.29, 1.82) is 0 Å². The number of hydrogen-bond acceptors (Lipinski definition) is 5. The third-order valence-corrected chi connectivity index (χ3v) is 8.42. The van der Waals surface area contributed by atoms with Crippen LogP contribution in [0.15, 0.2) is 55.6 Å². The van der Waals surface area contributed by atoms with Gasteiger partial charge >= 0.3 is 0 Å². The van der Waals surface area contributed by atoms with Gasteiger partial charge in [-0.3, -0.25) is 14.4 Å². The zero-order valence-electron chi connectivity index (χ0n) is 22.7. The SMILES string of the molecule is C=CCN(CCCC)C(=O)C1N(CCCO)C(=O)[C@@H]2[C@H](C(=O)N(CC=C)c3ccccc3)[C@]3(C)CCC12O3. The number of benzene rings is 1. The zero-order chi connectivity index (χ0) is 27.5. The molecule has 38 heavy (non-hydrogen) atoms. The predicted octanol–water partition coefficient (Wildman–Crippen LogP) is 3.17. The van der Waals surface area contributed by atoms with Gasteiger partial charge in [0.1, 0.15) is 11.6 Å². The Balaban J connectivity index is 1.76. The molecule has 1 aromatic carbocycles. The lowest BCUT2D eigenvalue weighted by molar-refractivity contribution is -0.151. The molecule has 0 aromatic heterocycles. The second kappa shape index (κ2) is 11.4. The smallest absolute Gasteiger partial charge is 0.248 e. The Kier molecular flexibility index (Phi) is 8.43. The lowest BCUT2D eigenvalue weighted by Gasteiger charge is -2.37. The summed E-state index contributed by atoms with van der Waals surface area (Å²) in [6.07, 6.45) is 6.59. The molecule has 0 saturated carbocycles. The van der Waals surface area contributed by atoms with E-state index in [9.17, 15) is 19.5 Å². The van der Waals surface area contributed by atoms with Crippen molar-refractivity contribution in [2.75, 3.05) is 37.7 Å². The van der Waals surface area contributed by atoms with Crippen LogP contribution in [-0.4, -0.2) is 82.7 Å². The van der Waals surface area contributed by atoms with Crippen LogP contribution in [-0.2, 0) is 19.1 Å². The van der Waals surface area contributed by atoms with Gasteiger partial charge in [-0.1, -0.05) is 43.7 Å². The zero-order valence-corrected chi connectivity index (χ0v) is 22.7. The normalized spacial score (nSPS) is 29.3. The molecule has 1 spiro atoms. The van der Waals surface area contributed by atoms with E-state index in [1.165, 1.54) is 0 Å². The van der Waals surface area contributed by atoms with Gasteiger partial charge in [-0.15, -0.1) is 13.2 Å². The summed E-state index contributed by atoms with van der Waals surface area (Å²) in [5.74, 6) is -2.10. The van der Waals surface area contributed by atoms with E-state index in [0.717, 1.165) is 18.5 Å². The lowest BCUT2D eigenvalue weighted by atomic mass is 9.66. The van der Waals surface area contributed by atoms with E-state index in [1.54, 1.807) is 26.9 Å². The lowest BCUT2D eigenvalue weighted by Crippen LogP contribution is -2.56. The summed E-state index contributed by atoms with van der Waals surface area (Å²) in [5, 5.41) is 9.57. The van der Waals surface area contributed by atoms with Crippen LogP contribution in [0.3, 0.4) is 0 Å². The van der Waals surface area contributed by atoms with E-state index < -0.39 is 29.1 Å². The maximum atomic E-state index is 14.3. The first kappa shape index (κ1) is 28.0. The second-order valence-corrected chi connectivity index (χ2v) is 10.8. The van der Waals surface area contributed by atoms with Crippen LogP contribution in [0.2, 0.25) is 0 Å². The predicted molar refractivity (Wildman–Crippen MR) is 146 cm³/mol. The van der Waals surface area contributed by atoms with E-state index in [1.807, 2.05) is 37.3 Å². The molecule has 8 heteroatoms. The largest absolute Gasteiger partial charge is 0.396 e. The van der Waals surface area contributed by atoms with Crippen LogP contribution in [0.5, 0.6) is 0 Å². The van der Waals surface area contributed by atoms with Crippen molar-refractivity contribution < 1.29 is 24.2 Å². The number of likely N-dealkylation sites (tertiary alicyclic amines) is 1. The average Bonchev–Trinajstić information content (AvgIpc) is 3.48. The molecular formula is C30H41N3O5. The van der Waals surface area contributed by atoms with E-state index in [0.29, 0.717) is 38.9 Å². The summed E-state index contributed by atoms with van der Waals surface area (Å²) < 4.78 is 6.74. The molecule has 3 aliphatic heterocycles. The van der Waals surface area contributed by atoms with Gasteiger partial charge in [0.2, 0.25) is 17.7 Å². The van der Waals surface area contributed by atoms with Crippen LogP contribution in [0.4, 0.5) is 5.69 Å². The van der Waals surface area contributed by atoms with Crippen LogP contribution < -0.4 is 4.90 Å². The summed E-state index contributed by atoms with van der Waals surface area (Å²) in [6, 6.07) is 8.52. The number of carbonyl (C=O) groups is 3. The monoisotopic (exact) mass is 523 g/mol. The number of ether oxygens (including phenoxy) is 1. The van der Waals surface area contributed by atoms with Crippen molar-refractivity contribution in [2.24, 2.45) is 11.8 Å². The number of hydrogen-bond donors (Lipinski definition) is 1. The minimum absolute atomic E-state index is 0.101. The first-order valence-electron chi connectivity index (χ1n) is 13.8. The Hall–Kier alpha value is -2.97.